The zero-order valence-corrected chi connectivity index (χ0v) is 12.7. The molecule has 0 radical (unpaired) electrons. The molecule has 22 heavy (non-hydrogen) atoms. The van der Waals surface area contributed by atoms with E-state index >= 15 is 0 Å². The number of ether oxygens (including phenoxy) is 1. The zero-order valence-electron chi connectivity index (χ0n) is 12.0. The first-order chi connectivity index (χ1) is 10.5. The molecule has 1 aliphatic rings. The van der Waals surface area contributed by atoms with E-state index in [-0.39, 0.29) is 24.2 Å². The van der Waals surface area contributed by atoms with E-state index < -0.39 is 18.0 Å². The van der Waals surface area contributed by atoms with E-state index in [4.69, 9.17) is 16.3 Å². The molecule has 8 heteroatoms. The summed E-state index contributed by atoms with van der Waals surface area (Å²) in [5, 5.41) is 5.45. The lowest BCUT2D eigenvalue weighted by molar-refractivity contribution is -0.153. The molecule has 0 bridgehead atoms. The second-order valence-electron chi connectivity index (χ2n) is 4.96. The minimum absolute atomic E-state index is 0.0971. The quantitative estimate of drug-likeness (QED) is 0.749. The monoisotopic (exact) mass is 325 g/mol. The third-order valence-corrected chi connectivity index (χ3v) is 3.18. The van der Waals surface area contributed by atoms with Gasteiger partial charge in [0.15, 0.2) is 6.10 Å². The van der Waals surface area contributed by atoms with Crippen LogP contribution in [0.2, 0.25) is 5.02 Å². The van der Waals surface area contributed by atoms with E-state index in [1.54, 1.807) is 0 Å². The number of pyridine rings is 1. The maximum Gasteiger partial charge on any atom is 0.326 e. The number of hydrogen-bond acceptors (Lipinski definition) is 5. The summed E-state index contributed by atoms with van der Waals surface area (Å²) in [4.78, 5) is 38.8. The summed E-state index contributed by atoms with van der Waals surface area (Å²) in [5.41, 5.74) is 0.0971. The Kier molecular flexibility index (Phi) is 5.32. The van der Waals surface area contributed by atoms with Crippen LogP contribution in [-0.4, -0.2) is 41.5 Å². The number of nitrogens with one attached hydrogen (secondary N) is 2. The van der Waals surface area contributed by atoms with Crippen molar-refractivity contribution in [3.05, 3.63) is 29.0 Å². The fraction of sp³-hybridized carbons (Fsp3) is 0.429. The number of carbonyl (C=O) groups is 3. The number of nitrogens with zero attached hydrogens (tertiary/aromatic N) is 1. The molecule has 2 rings (SSSR count). The van der Waals surface area contributed by atoms with Crippen LogP contribution < -0.4 is 10.6 Å². The number of halogens is 1. The summed E-state index contributed by atoms with van der Waals surface area (Å²) >= 11 is 5.75. The largest absolute Gasteiger partial charge is 0.451 e. The van der Waals surface area contributed by atoms with Crippen molar-refractivity contribution in [1.29, 1.82) is 0 Å². The Morgan fingerprint density at radius 1 is 1.45 bits per heavy atom. The van der Waals surface area contributed by atoms with Crippen LogP contribution in [0.4, 0.5) is 0 Å². The van der Waals surface area contributed by atoms with Crippen molar-refractivity contribution in [1.82, 2.24) is 15.6 Å². The zero-order chi connectivity index (χ0) is 16.1. The highest BCUT2D eigenvalue weighted by Gasteiger charge is 2.27. The molecule has 2 N–H and O–H groups in total. The van der Waals surface area contributed by atoms with E-state index in [1.165, 1.54) is 25.3 Å². The molecule has 0 unspecified atom stereocenters. The summed E-state index contributed by atoms with van der Waals surface area (Å²) in [6.07, 6.45) is 2.40. The topological polar surface area (TPSA) is 97.4 Å². The Bertz CT molecular complexity index is 589. The van der Waals surface area contributed by atoms with Gasteiger partial charge in [-0.05, 0) is 31.9 Å². The summed E-state index contributed by atoms with van der Waals surface area (Å²) in [5.74, 6) is -1.58. The molecule has 1 aliphatic carbocycles. The minimum Gasteiger partial charge on any atom is -0.451 e. The molecule has 2 amide bonds. The molecular formula is C14H16ClN3O4. The lowest BCUT2D eigenvalue weighted by Gasteiger charge is -2.13. The van der Waals surface area contributed by atoms with E-state index in [9.17, 15) is 14.4 Å². The molecule has 0 spiro atoms. The van der Waals surface area contributed by atoms with Gasteiger partial charge < -0.3 is 15.4 Å². The van der Waals surface area contributed by atoms with Crippen molar-refractivity contribution in [2.75, 3.05) is 6.54 Å². The Labute approximate surface area is 132 Å². The van der Waals surface area contributed by atoms with E-state index in [0.717, 1.165) is 12.8 Å². The van der Waals surface area contributed by atoms with Gasteiger partial charge in [0.25, 0.3) is 11.8 Å². The fourth-order valence-corrected chi connectivity index (χ4v) is 1.77. The van der Waals surface area contributed by atoms with Gasteiger partial charge in [-0.3, -0.25) is 19.4 Å². The number of amides is 2. The van der Waals surface area contributed by atoms with Crippen molar-refractivity contribution in [2.45, 2.75) is 31.9 Å². The molecule has 1 atom stereocenters. The number of rotatable bonds is 6. The van der Waals surface area contributed by atoms with E-state index in [2.05, 4.69) is 15.6 Å². The van der Waals surface area contributed by atoms with Gasteiger partial charge in [0.2, 0.25) is 0 Å². The van der Waals surface area contributed by atoms with Crippen molar-refractivity contribution in [2.24, 2.45) is 0 Å². The predicted octanol–water partition coefficient (Wildman–Crippen LogP) is 0.675. The van der Waals surface area contributed by atoms with Gasteiger partial charge in [0.1, 0.15) is 12.2 Å². The van der Waals surface area contributed by atoms with Gasteiger partial charge in [-0.1, -0.05) is 11.6 Å². The van der Waals surface area contributed by atoms with Gasteiger partial charge in [-0.15, -0.1) is 0 Å². The molecular weight excluding hydrogens is 310 g/mol. The average Bonchev–Trinajstić information content (AvgIpc) is 3.28. The smallest absolute Gasteiger partial charge is 0.326 e. The van der Waals surface area contributed by atoms with Crippen LogP contribution in [0.5, 0.6) is 0 Å². The van der Waals surface area contributed by atoms with Crippen molar-refractivity contribution >= 4 is 29.4 Å². The highest BCUT2D eigenvalue weighted by molar-refractivity contribution is 6.30. The Balaban J connectivity index is 1.74. The first-order valence-corrected chi connectivity index (χ1v) is 7.23. The molecule has 0 aromatic carbocycles. The molecule has 1 aromatic heterocycles. The summed E-state index contributed by atoms with van der Waals surface area (Å²) in [6.45, 7) is 1.13. The molecule has 1 fully saturated rings. The maximum absolute atomic E-state index is 11.8. The Hall–Kier alpha value is -2.15. The van der Waals surface area contributed by atoms with Crippen LogP contribution in [0.25, 0.3) is 0 Å². The summed E-state index contributed by atoms with van der Waals surface area (Å²) in [7, 11) is 0. The minimum atomic E-state index is -0.894. The molecule has 1 saturated carbocycles. The van der Waals surface area contributed by atoms with Gasteiger partial charge in [-0.2, -0.15) is 0 Å². The van der Waals surface area contributed by atoms with Gasteiger partial charge in [0.05, 0.1) is 0 Å². The lowest BCUT2D eigenvalue weighted by atomic mass is 10.3. The number of esters is 1. The third-order valence-electron chi connectivity index (χ3n) is 2.95. The van der Waals surface area contributed by atoms with Gasteiger partial charge >= 0.3 is 5.97 Å². The van der Waals surface area contributed by atoms with Crippen LogP contribution >= 0.6 is 11.6 Å². The predicted molar refractivity (Wildman–Crippen MR) is 78.3 cm³/mol. The SMILES string of the molecule is C[C@@H](OC(=O)CNC(=O)c1cc(Cl)ccn1)C(=O)NC1CC1. The van der Waals surface area contributed by atoms with Crippen LogP contribution in [0.3, 0.4) is 0 Å². The van der Waals surface area contributed by atoms with Crippen molar-refractivity contribution in [3.8, 4) is 0 Å². The number of aromatic nitrogens is 1. The second kappa shape index (κ2) is 7.22. The van der Waals surface area contributed by atoms with Crippen LogP contribution in [0.15, 0.2) is 18.3 Å². The van der Waals surface area contributed by atoms with Gasteiger partial charge in [0, 0.05) is 17.3 Å². The second-order valence-corrected chi connectivity index (χ2v) is 5.39. The number of carbonyl (C=O) groups excluding carboxylic acids is 3. The first-order valence-electron chi connectivity index (χ1n) is 6.85. The normalized spacial score (nSPS) is 14.8. The first kappa shape index (κ1) is 16.2. The standard InChI is InChI=1S/C14H16ClN3O4/c1-8(13(20)18-10-2-3-10)22-12(19)7-17-14(21)11-6-9(15)4-5-16-11/h4-6,8,10H,2-3,7H2,1H3,(H,17,21)(H,18,20)/t8-/m1/s1. The molecule has 1 heterocycles. The van der Waals surface area contributed by atoms with Crippen LogP contribution in [-0.2, 0) is 14.3 Å². The van der Waals surface area contributed by atoms with E-state index in [1.807, 2.05) is 0 Å². The summed E-state index contributed by atoms with van der Waals surface area (Å²) in [6, 6.07) is 3.11. The summed E-state index contributed by atoms with van der Waals surface area (Å²) < 4.78 is 4.94. The molecule has 1 aromatic rings. The maximum atomic E-state index is 11.8. The van der Waals surface area contributed by atoms with E-state index in [0.29, 0.717) is 5.02 Å². The fourth-order valence-electron chi connectivity index (χ4n) is 1.61. The Morgan fingerprint density at radius 3 is 2.82 bits per heavy atom. The highest BCUT2D eigenvalue weighted by atomic mass is 35.5. The number of hydrogen-bond donors (Lipinski definition) is 2. The highest BCUT2D eigenvalue weighted by Crippen LogP contribution is 2.18. The van der Waals surface area contributed by atoms with Crippen molar-refractivity contribution < 1.29 is 19.1 Å². The molecule has 7 nitrogen and oxygen atoms in total. The van der Waals surface area contributed by atoms with Crippen LogP contribution in [0, 0.1) is 0 Å². The lowest BCUT2D eigenvalue weighted by Crippen LogP contribution is -2.39. The van der Waals surface area contributed by atoms with Crippen molar-refractivity contribution in [3.63, 3.8) is 0 Å². The molecule has 0 saturated heterocycles. The molecule has 118 valence electrons. The van der Waals surface area contributed by atoms with Crippen LogP contribution in [0.1, 0.15) is 30.3 Å². The average molecular weight is 326 g/mol. The van der Waals surface area contributed by atoms with Gasteiger partial charge in [-0.25, -0.2) is 0 Å². The molecule has 0 aliphatic heterocycles. The third kappa shape index (κ3) is 5.00. The Morgan fingerprint density at radius 2 is 2.18 bits per heavy atom.